The maximum atomic E-state index is 11.6. The summed E-state index contributed by atoms with van der Waals surface area (Å²) in [5, 5.41) is 11.4. The normalized spacial score (nSPS) is 12.2. The van der Waals surface area contributed by atoms with E-state index in [1.165, 1.54) is 12.1 Å². The molecule has 18 heavy (non-hydrogen) atoms. The molecule has 0 spiro atoms. The average Bonchev–Trinajstić information content (AvgIpc) is 2.29. The summed E-state index contributed by atoms with van der Waals surface area (Å²) in [6.07, 6.45) is 0.248. The van der Waals surface area contributed by atoms with Crippen LogP contribution >= 0.6 is 0 Å². The van der Waals surface area contributed by atoms with Gasteiger partial charge in [0.2, 0.25) is 5.91 Å². The fourth-order valence-corrected chi connectivity index (χ4v) is 1.36. The number of amides is 1. The van der Waals surface area contributed by atoms with Gasteiger partial charge in [-0.3, -0.25) is 4.79 Å². The van der Waals surface area contributed by atoms with E-state index in [0.717, 1.165) is 0 Å². The van der Waals surface area contributed by atoms with Crippen molar-refractivity contribution in [1.82, 2.24) is 0 Å². The lowest BCUT2D eigenvalue weighted by atomic mass is 10.0. The Morgan fingerprint density at radius 1 is 1.28 bits per heavy atom. The summed E-state index contributed by atoms with van der Waals surface area (Å²) in [6, 6.07) is 5.83. The highest BCUT2D eigenvalue weighted by atomic mass is 16.4. The van der Waals surface area contributed by atoms with E-state index in [9.17, 15) is 9.59 Å². The summed E-state index contributed by atoms with van der Waals surface area (Å²) in [5.74, 6) is -0.917. The molecule has 0 aliphatic carbocycles. The minimum Gasteiger partial charge on any atom is -0.478 e. The van der Waals surface area contributed by atoms with E-state index < -0.39 is 5.97 Å². The largest absolute Gasteiger partial charge is 0.478 e. The first kappa shape index (κ1) is 14.2. The van der Waals surface area contributed by atoms with Crippen LogP contribution in [0.5, 0.6) is 0 Å². The van der Waals surface area contributed by atoms with Crippen molar-refractivity contribution in [3.63, 3.8) is 0 Å². The average molecular weight is 250 g/mol. The smallest absolute Gasteiger partial charge is 0.335 e. The van der Waals surface area contributed by atoms with Gasteiger partial charge in [0, 0.05) is 18.2 Å². The first-order chi connectivity index (χ1) is 8.40. The summed E-state index contributed by atoms with van der Waals surface area (Å²) < 4.78 is 0. The van der Waals surface area contributed by atoms with Gasteiger partial charge >= 0.3 is 5.97 Å². The monoisotopic (exact) mass is 250 g/mol. The Balaban J connectivity index is 2.57. The number of carboxylic acid groups (broad SMARTS) is 1. The summed E-state index contributed by atoms with van der Waals surface area (Å²) in [6.45, 7) is 3.92. The molecule has 0 saturated carbocycles. The second-order valence-corrected chi connectivity index (χ2v) is 4.54. The van der Waals surface area contributed by atoms with Crippen LogP contribution < -0.4 is 11.1 Å². The minimum atomic E-state index is -0.991. The number of nitrogens with one attached hydrogen (secondary N) is 1. The molecule has 1 atom stereocenters. The highest BCUT2D eigenvalue weighted by Crippen LogP contribution is 2.11. The number of rotatable bonds is 5. The van der Waals surface area contributed by atoms with E-state index in [0.29, 0.717) is 5.69 Å². The van der Waals surface area contributed by atoms with Gasteiger partial charge < -0.3 is 16.2 Å². The van der Waals surface area contributed by atoms with Crippen molar-refractivity contribution < 1.29 is 14.7 Å². The quantitative estimate of drug-likeness (QED) is 0.741. The van der Waals surface area contributed by atoms with Crippen LogP contribution in [0.2, 0.25) is 0 Å². The van der Waals surface area contributed by atoms with Crippen molar-refractivity contribution in [2.75, 3.05) is 5.32 Å². The van der Waals surface area contributed by atoms with Crippen LogP contribution in [-0.4, -0.2) is 23.0 Å². The number of nitrogens with two attached hydrogens (primary N) is 1. The topological polar surface area (TPSA) is 92.4 Å². The lowest BCUT2D eigenvalue weighted by Gasteiger charge is -2.15. The van der Waals surface area contributed by atoms with E-state index >= 15 is 0 Å². The maximum absolute atomic E-state index is 11.6. The summed E-state index contributed by atoms with van der Waals surface area (Å²) in [4.78, 5) is 22.3. The Hall–Kier alpha value is -1.88. The van der Waals surface area contributed by atoms with Crippen LogP contribution in [0, 0.1) is 5.92 Å². The molecule has 0 aliphatic heterocycles. The predicted molar refractivity (Wildman–Crippen MR) is 69.5 cm³/mol. The van der Waals surface area contributed by atoms with Crippen LogP contribution in [0.25, 0.3) is 0 Å². The SMILES string of the molecule is CC(C)C(N)CC(=O)Nc1ccc(C(=O)O)cc1. The van der Waals surface area contributed by atoms with E-state index in [2.05, 4.69) is 5.32 Å². The van der Waals surface area contributed by atoms with Crippen molar-refractivity contribution in [3.8, 4) is 0 Å². The summed E-state index contributed by atoms with van der Waals surface area (Å²) in [7, 11) is 0. The second kappa shape index (κ2) is 6.16. The summed E-state index contributed by atoms with van der Waals surface area (Å²) >= 11 is 0. The summed E-state index contributed by atoms with van der Waals surface area (Å²) in [5.41, 5.74) is 6.55. The first-order valence-electron chi connectivity index (χ1n) is 5.79. The first-order valence-corrected chi connectivity index (χ1v) is 5.79. The fourth-order valence-electron chi connectivity index (χ4n) is 1.36. The van der Waals surface area contributed by atoms with Crippen LogP contribution in [0.1, 0.15) is 30.6 Å². The predicted octanol–water partition coefficient (Wildman–Crippen LogP) is 1.70. The Morgan fingerprint density at radius 2 is 1.83 bits per heavy atom. The molecule has 1 aromatic rings. The number of benzene rings is 1. The Morgan fingerprint density at radius 3 is 2.28 bits per heavy atom. The molecule has 1 unspecified atom stereocenters. The zero-order valence-electron chi connectivity index (χ0n) is 10.5. The minimum absolute atomic E-state index is 0.167. The fraction of sp³-hybridized carbons (Fsp3) is 0.385. The lowest BCUT2D eigenvalue weighted by Crippen LogP contribution is -2.31. The molecule has 5 nitrogen and oxygen atoms in total. The van der Waals surface area contributed by atoms with E-state index in [4.69, 9.17) is 10.8 Å². The van der Waals surface area contributed by atoms with Gasteiger partial charge in [-0.2, -0.15) is 0 Å². The van der Waals surface area contributed by atoms with Crippen molar-refractivity contribution in [1.29, 1.82) is 0 Å². The van der Waals surface area contributed by atoms with Crippen molar-refractivity contribution in [2.45, 2.75) is 26.3 Å². The van der Waals surface area contributed by atoms with Gasteiger partial charge in [0.15, 0.2) is 0 Å². The molecule has 0 aromatic heterocycles. The molecule has 5 heteroatoms. The molecule has 1 aromatic carbocycles. The van der Waals surface area contributed by atoms with Gasteiger partial charge in [0.1, 0.15) is 0 Å². The standard InChI is InChI=1S/C13H18N2O3/c1-8(2)11(14)7-12(16)15-10-5-3-9(4-6-10)13(17)18/h3-6,8,11H,7,14H2,1-2H3,(H,15,16)(H,17,18). The van der Waals surface area contributed by atoms with Gasteiger partial charge in [-0.15, -0.1) is 0 Å². The van der Waals surface area contributed by atoms with Crippen LogP contribution in [0.3, 0.4) is 0 Å². The van der Waals surface area contributed by atoms with E-state index in [-0.39, 0.29) is 29.9 Å². The second-order valence-electron chi connectivity index (χ2n) is 4.54. The molecule has 0 saturated heterocycles. The zero-order chi connectivity index (χ0) is 13.7. The number of anilines is 1. The zero-order valence-corrected chi connectivity index (χ0v) is 10.5. The van der Waals surface area contributed by atoms with Gasteiger partial charge in [-0.25, -0.2) is 4.79 Å². The number of aromatic carboxylic acids is 1. The Bertz CT molecular complexity index is 426. The molecule has 4 N–H and O–H groups in total. The Labute approximate surface area is 106 Å². The van der Waals surface area contributed by atoms with Crippen molar-refractivity contribution in [3.05, 3.63) is 29.8 Å². The van der Waals surface area contributed by atoms with Gasteiger partial charge in [0.25, 0.3) is 0 Å². The molecular weight excluding hydrogens is 232 g/mol. The van der Waals surface area contributed by atoms with E-state index in [1.54, 1.807) is 12.1 Å². The number of hydrogen-bond acceptors (Lipinski definition) is 3. The molecular formula is C13H18N2O3. The maximum Gasteiger partial charge on any atom is 0.335 e. The highest BCUT2D eigenvalue weighted by molar-refractivity contribution is 5.92. The lowest BCUT2D eigenvalue weighted by molar-refractivity contribution is -0.116. The van der Waals surface area contributed by atoms with Gasteiger partial charge in [-0.05, 0) is 30.2 Å². The van der Waals surface area contributed by atoms with Crippen LogP contribution in [0.15, 0.2) is 24.3 Å². The van der Waals surface area contributed by atoms with Gasteiger partial charge in [-0.1, -0.05) is 13.8 Å². The Kier molecular flexibility index (Phi) is 4.85. The molecule has 0 aliphatic rings. The number of carbonyl (C=O) groups excluding carboxylic acids is 1. The number of carboxylic acids is 1. The van der Waals surface area contributed by atoms with Gasteiger partial charge in [0.05, 0.1) is 5.56 Å². The third-order valence-electron chi connectivity index (χ3n) is 2.69. The van der Waals surface area contributed by atoms with Crippen LogP contribution in [0.4, 0.5) is 5.69 Å². The highest BCUT2D eigenvalue weighted by Gasteiger charge is 2.13. The number of hydrogen-bond donors (Lipinski definition) is 3. The van der Waals surface area contributed by atoms with Crippen molar-refractivity contribution >= 4 is 17.6 Å². The molecule has 0 heterocycles. The third-order valence-corrected chi connectivity index (χ3v) is 2.69. The molecule has 1 rings (SSSR count). The van der Waals surface area contributed by atoms with Crippen LogP contribution in [-0.2, 0) is 4.79 Å². The molecule has 0 radical (unpaired) electrons. The van der Waals surface area contributed by atoms with E-state index in [1.807, 2.05) is 13.8 Å². The molecule has 0 fully saturated rings. The number of carbonyl (C=O) groups is 2. The third kappa shape index (κ3) is 4.18. The van der Waals surface area contributed by atoms with Crippen molar-refractivity contribution in [2.24, 2.45) is 11.7 Å². The molecule has 1 amide bonds. The molecule has 98 valence electrons. The molecule has 0 bridgehead atoms.